The van der Waals surface area contributed by atoms with Crippen LogP contribution in [0.4, 0.5) is 0 Å². The third-order valence-electron chi connectivity index (χ3n) is 4.73. The Morgan fingerprint density at radius 3 is 2.65 bits per heavy atom. The van der Waals surface area contributed by atoms with E-state index in [1.807, 2.05) is 29.6 Å². The molecule has 2 heterocycles. The molecule has 0 unspecified atom stereocenters. The average molecular weight is 371 g/mol. The molecule has 4 rings (SSSR count). The fourth-order valence-electron chi connectivity index (χ4n) is 3.55. The summed E-state index contributed by atoms with van der Waals surface area (Å²) in [6.45, 7) is 0.784. The van der Waals surface area contributed by atoms with Crippen molar-refractivity contribution in [2.45, 2.75) is 12.5 Å². The molecule has 0 saturated carbocycles. The van der Waals surface area contributed by atoms with Crippen LogP contribution in [0.25, 0.3) is 5.69 Å². The zero-order valence-corrected chi connectivity index (χ0v) is 14.5. The molecule has 3 aromatic rings. The van der Waals surface area contributed by atoms with Crippen molar-refractivity contribution in [2.24, 2.45) is 0 Å². The van der Waals surface area contributed by atoms with Crippen LogP contribution in [0.5, 0.6) is 5.88 Å². The number of hydrogen-bond donors (Lipinski definition) is 3. The number of hydrogen-bond acceptors (Lipinski definition) is 3. The van der Waals surface area contributed by atoms with Gasteiger partial charge in [0.25, 0.3) is 5.56 Å². The summed E-state index contributed by atoms with van der Waals surface area (Å²) in [6.07, 6.45) is 0.884. The molecular formula is C19H17ClN3O3+. The number of H-pyrrole nitrogens is 1. The number of nitrogens with two attached hydrogens (primary N) is 1. The first-order valence-electron chi connectivity index (χ1n) is 8.32. The van der Waals surface area contributed by atoms with E-state index in [1.54, 1.807) is 24.3 Å². The Morgan fingerprint density at radius 2 is 1.85 bits per heavy atom. The van der Waals surface area contributed by atoms with Crippen LogP contribution in [0.1, 0.15) is 22.7 Å². The van der Waals surface area contributed by atoms with Gasteiger partial charge in [0.05, 0.1) is 17.3 Å². The van der Waals surface area contributed by atoms with Crippen LogP contribution in [0, 0.1) is 0 Å². The van der Waals surface area contributed by atoms with Gasteiger partial charge in [0.2, 0.25) is 5.88 Å². The van der Waals surface area contributed by atoms with Gasteiger partial charge in [-0.25, -0.2) is 9.36 Å². The van der Waals surface area contributed by atoms with Crippen molar-refractivity contribution < 1.29 is 10.4 Å². The van der Waals surface area contributed by atoms with Gasteiger partial charge in [0.1, 0.15) is 11.6 Å². The summed E-state index contributed by atoms with van der Waals surface area (Å²) >= 11 is 6.19. The van der Waals surface area contributed by atoms with Crippen LogP contribution < -0.4 is 16.6 Å². The van der Waals surface area contributed by atoms with Crippen molar-refractivity contribution in [1.29, 1.82) is 0 Å². The number of quaternary nitrogens is 1. The molecule has 1 aliphatic rings. The molecule has 7 heteroatoms. The maximum Gasteiger partial charge on any atom is 0.335 e. The molecule has 1 aliphatic heterocycles. The van der Waals surface area contributed by atoms with Crippen molar-refractivity contribution in [3.05, 3.63) is 91.1 Å². The average Bonchev–Trinajstić information content (AvgIpc) is 2.63. The lowest BCUT2D eigenvalue weighted by Crippen LogP contribution is -2.87. The maximum atomic E-state index is 12.6. The van der Waals surface area contributed by atoms with Crippen molar-refractivity contribution in [3.63, 3.8) is 0 Å². The molecule has 0 aliphatic carbocycles. The Hall–Kier alpha value is -2.83. The maximum absolute atomic E-state index is 12.6. The van der Waals surface area contributed by atoms with Crippen LogP contribution in [0.15, 0.2) is 58.1 Å². The van der Waals surface area contributed by atoms with Crippen molar-refractivity contribution >= 4 is 11.6 Å². The second-order valence-electron chi connectivity index (χ2n) is 6.23. The van der Waals surface area contributed by atoms with E-state index < -0.39 is 17.3 Å². The number of para-hydroxylation sites is 1. The Balaban J connectivity index is 1.98. The Kier molecular flexibility index (Phi) is 4.14. The predicted molar refractivity (Wildman–Crippen MR) is 98.1 cm³/mol. The zero-order chi connectivity index (χ0) is 18.3. The summed E-state index contributed by atoms with van der Waals surface area (Å²) in [5, 5.41) is 13.2. The molecule has 26 heavy (non-hydrogen) atoms. The third-order valence-corrected chi connectivity index (χ3v) is 5.05. The fraction of sp³-hybridized carbons (Fsp3) is 0.158. The van der Waals surface area contributed by atoms with E-state index >= 15 is 0 Å². The number of benzene rings is 2. The fourth-order valence-corrected chi connectivity index (χ4v) is 3.77. The summed E-state index contributed by atoms with van der Waals surface area (Å²) in [6, 6.07) is 14.1. The smallest absolute Gasteiger partial charge is 0.335 e. The molecule has 0 fully saturated rings. The van der Waals surface area contributed by atoms with Gasteiger partial charge >= 0.3 is 5.69 Å². The summed E-state index contributed by atoms with van der Waals surface area (Å²) in [5.41, 5.74) is 1.25. The molecular weight excluding hydrogens is 354 g/mol. The minimum Gasteiger partial charge on any atom is -0.494 e. The van der Waals surface area contributed by atoms with E-state index in [9.17, 15) is 14.7 Å². The number of nitrogens with zero attached hydrogens (tertiary/aromatic N) is 1. The van der Waals surface area contributed by atoms with Crippen LogP contribution in [0.3, 0.4) is 0 Å². The highest BCUT2D eigenvalue weighted by Crippen LogP contribution is 2.29. The molecule has 1 aromatic heterocycles. The summed E-state index contributed by atoms with van der Waals surface area (Å²) in [4.78, 5) is 27.2. The van der Waals surface area contributed by atoms with Crippen molar-refractivity contribution in [1.82, 2.24) is 9.55 Å². The van der Waals surface area contributed by atoms with Gasteiger partial charge < -0.3 is 10.4 Å². The SMILES string of the molecule is O=c1[nH]c(=O)n(-c2ccccc2Cl)c(O)c1[C@H]1[NH2+]CCc2ccccc21. The Labute approximate surface area is 153 Å². The Bertz CT molecular complexity index is 1100. The second kappa shape index (κ2) is 6.48. The van der Waals surface area contributed by atoms with E-state index in [1.165, 1.54) is 0 Å². The van der Waals surface area contributed by atoms with Crippen LogP contribution >= 0.6 is 11.6 Å². The number of aromatic amines is 1. The van der Waals surface area contributed by atoms with Gasteiger partial charge in [-0.3, -0.25) is 9.78 Å². The molecule has 2 aromatic carbocycles. The van der Waals surface area contributed by atoms with E-state index in [4.69, 9.17) is 11.6 Å². The van der Waals surface area contributed by atoms with Crippen LogP contribution in [-0.2, 0) is 6.42 Å². The molecule has 6 nitrogen and oxygen atoms in total. The first-order chi connectivity index (χ1) is 12.6. The summed E-state index contributed by atoms with van der Waals surface area (Å²) in [5.74, 6) is -0.384. The van der Waals surface area contributed by atoms with Gasteiger partial charge in [-0.05, 0) is 17.7 Å². The molecule has 132 valence electrons. The predicted octanol–water partition coefficient (Wildman–Crippen LogP) is 1.09. The molecule has 4 N–H and O–H groups in total. The number of fused-ring (bicyclic) bond motifs is 1. The van der Waals surface area contributed by atoms with E-state index in [0.717, 1.165) is 28.7 Å². The molecule has 1 atom stereocenters. The molecule has 0 radical (unpaired) electrons. The number of aromatic nitrogens is 2. The monoisotopic (exact) mass is 370 g/mol. The van der Waals surface area contributed by atoms with Crippen LogP contribution in [-0.4, -0.2) is 21.2 Å². The van der Waals surface area contributed by atoms with E-state index in [0.29, 0.717) is 10.7 Å². The molecule has 0 saturated heterocycles. The third kappa shape index (κ3) is 2.64. The molecule has 0 bridgehead atoms. The highest BCUT2D eigenvalue weighted by molar-refractivity contribution is 6.32. The number of rotatable bonds is 2. The first kappa shape index (κ1) is 16.6. The number of halogens is 1. The quantitative estimate of drug-likeness (QED) is 0.630. The highest BCUT2D eigenvalue weighted by Gasteiger charge is 2.32. The first-order valence-corrected chi connectivity index (χ1v) is 8.70. The van der Waals surface area contributed by atoms with Gasteiger partial charge in [0.15, 0.2) is 0 Å². The van der Waals surface area contributed by atoms with Gasteiger partial charge in [-0.1, -0.05) is 48.0 Å². The van der Waals surface area contributed by atoms with Gasteiger partial charge in [-0.15, -0.1) is 0 Å². The number of aromatic hydroxyl groups is 1. The lowest BCUT2D eigenvalue weighted by atomic mass is 9.90. The standard InChI is InChI=1S/C19H16ClN3O3/c20-13-7-3-4-8-14(13)23-18(25)15(17(24)22-19(23)26)16-12-6-2-1-5-11(12)9-10-21-16/h1-8,16,21,25H,9-10H2,(H,22,24,26)/p+1/t16-/m0/s1. The highest BCUT2D eigenvalue weighted by atomic mass is 35.5. The number of nitrogens with one attached hydrogen (secondary N) is 1. The molecule has 0 amide bonds. The largest absolute Gasteiger partial charge is 0.494 e. The molecule has 0 spiro atoms. The lowest BCUT2D eigenvalue weighted by molar-refractivity contribution is -0.690. The lowest BCUT2D eigenvalue weighted by Gasteiger charge is -2.24. The Morgan fingerprint density at radius 1 is 1.12 bits per heavy atom. The van der Waals surface area contributed by atoms with Crippen LogP contribution in [0.2, 0.25) is 5.02 Å². The second-order valence-corrected chi connectivity index (χ2v) is 6.64. The van der Waals surface area contributed by atoms with Gasteiger partial charge in [-0.2, -0.15) is 0 Å². The van der Waals surface area contributed by atoms with Crippen molar-refractivity contribution in [3.8, 4) is 11.6 Å². The normalized spacial score (nSPS) is 16.3. The van der Waals surface area contributed by atoms with Gasteiger partial charge in [0, 0.05) is 12.0 Å². The summed E-state index contributed by atoms with van der Waals surface area (Å²) in [7, 11) is 0. The van der Waals surface area contributed by atoms with Crippen molar-refractivity contribution in [2.75, 3.05) is 6.54 Å². The van der Waals surface area contributed by atoms with E-state index in [2.05, 4.69) is 4.98 Å². The topological polar surface area (TPSA) is 91.7 Å². The minimum absolute atomic E-state index is 0.150. The summed E-state index contributed by atoms with van der Waals surface area (Å²) < 4.78 is 1.05. The van der Waals surface area contributed by atoms with E-state index in [-0.39, 0.29) is 11.4 Å². The minimum atomic E-state index is -0.728. The zero-order valence-electron chi connectivity index (χ0n) is 13.8.